The van der Waals surface area contributed by atoms with Crippen molar-refractivity contribution in [1.29, 1.82) is 0 Å². The van der Waals surface area contributed by atoms with Gasteiger partial charge >= 0.3 is 11.9 Å². The third-order valence-corrected chi connectivity index (χ3v) is 5.25. The van der Waals surface area contributed by atoms with Gasteiger partial charge in [0.1, 0.15) is 12.1 Å². The number of amides is 3. The Bertz CT molecular complexity index is 939. The first-order valence-electron chi connectivity index (χ1n) is 12.0. The lowest BCUT2D eigenvalue weighted by Gasteiger charge is -2.24. The molecule has 1 aromatic rings. The average Bonchev–Trinajstić information content (AvgIpc) is 2.82. The highest BCUT2D eigenvalue weighted by Gasteiger charge is 2.29. The fourth-order valence-electron chi connectivity index (χ4n) is 3.17. The average molecular weight is 504 g/mol. The minimum absolute atomic E-state index is 0.0695. The van der Waals surface area contributed by atoms with Crippen molar-refractivity contribution in [1.82, 2.24) is 16.0 Å². The number of carboxylic acids is 1. The Morgan fingerprint density at radius 1 is 1.00 bits per heavy atom. The number of benzene rings is 1. The molecule has 36 heavy (non-hydrogen) atoms. The maximum Gasteiger partial charge on any atom is 0.328 e. The lowest BCUT2D eigenvalue weighted by atomic mass is 10.0. The molecule has 0 heterocycles. The number of rotatable bonds is 14. The predicted molar refractivity (Wildman–Crippen MR) is 135 cm³/mol. The SMILES string of the molecule is CCOC(=O)[C@@H](CCC(=O)O)NC(=O)[C@@H](NC(=O)CNC(=O)/C=C/c1ccc(C(C)C)cc1)C(C)C. The van der Waals surface area contributed by atoms with Crippen LogP contribution < -0.4 is 16.0 Å². The zero-order chi connectivity index (χ0) is 27.3. The van der Waals surface area contributed by atoms with E-state index in [-0.39, 0.29) is 31.9 Å². The molecule has 0 spiro atoms. The van der Waals surface area contributed by atoms with Crippen LogP contribution in [0.2, 0.25) is 0 Å². The number of hydrogen-bond donors (Lipinski definition) is 4. The molecule has 198 valence electrons. The molecule has 10 nitrogen and oxygen atoms in total. The standard InChI is InChI=1S/C26H37N3O7/c1-6-36-26(35)20(12-14-23(32)33)28-25(34)24(17(4)5)29-22(31)15-27-21(30)13-9-18-7-10-19(11-8-18)16(2)3/h7-11,13,16-17,20,24H,6,12,14-15H2,1-5H3,(H,27,30)(H,28,34)(H,29,31)(H,32,33)/b13-9+/t20-,24+/m1/s1. The van der Waals surface area contributed by atoms with Crippen LogP contribution in [-0.2, 0) is 28.7 Å². The molecular weight excluding hydrogens is 466 g/mol. The van der Waals surface area contributed by atoms with E-state index in [0.717, 1.165) is 5.56 Å². The summed E-state index contributed by atoms with van der Waals surface area (Å²) in [6.07, 6.45) is 2.45. The summed E-state index contributed by atoms with van der Waals surface area (Å²) in [4.78, 5) is 60.3. The number of carbonyl (C=O) groups is 5. The zero-order valence-electron chi connectivity index (χ0n) is 21.5. The topological polar surface area (TPSA) is 151 Å². The van der Waals surface area contributed by atoms with Crippen molar-refractivity contribution in [3.63, 3.8) is 0 Å². The van der Waals surface area contributed by atoms with Gasteiger partial charge in [-0.15, -0.1) is 0 Å². The van der Waals surface area contributed by atoms with Crippen LogP contribution in [0.3, 0.4) is 0 Å². The second-order valence-corrected chi connectivity index (χ2v) is 8.91. The first-order chi connectivity index (χ1) is 16.9. The summed E-state index contributed by atoms with van der Waals surface area (Å²) in [5.41, 5.74) is 2.03. The van der Waals surface area contributed by atoms with Gasteiger partial charge in [0.25, 0.3) is 0 Å². The summed E-state index contributed by atoms with van der Waals surface area (Å²) in [6.45, 7) is 8.90. The predicted octanol–water partition coefficient (Wildman–Crippen LogP) is 1.99. The quantitative estimate of drug-likeness (QED) is 0.224. The van der Waals surface area contributed by atoms with Crippen molar-refractivity contribution in [2.45, 2.75) is 65.5 Å². The van der Waals surface area contributed by atoms with Crippen molar-refractivity contribution in [3.8, 4) is 0 Å². The molecule has 0 aliphatic rings. The van der Waals surface area contributed by atoms with Crippen LogP contribution in [0, 0.1) is 5.92 Å². The summed E-state index contributed by atoms with van der Waals surface area (Å²) in [6, 6.07) is 5.61. The minimum atomic E-state index is -1.16. The summed E-state index contributed by atoms with van der Waals surface area (Å²) < 4.78 is 4.91. The Morgan fingerprint density at radius 2 is 1.64 bits per heavy atom. The van der Waals surface area contributed by atoms with Crippen LogP contribution in [0.15, 0.2) is 30.3 Å². The van der Waals surface area contributed by atoms with Gasteiger partial charge in [0.15, 0.2) is 0 Å². The molecule has 0 radical (unpaired) electrons. The lowest BCUT2D eigenvalue weighted by Crippen LogP contribution is -2.55. The maximum absolute atomic E-state index is 12.8. The summed E-state index contributed by atoms with van der Waals surface area (Å²) >= 11 is 0. The molecule has 3 amide bonds. The van der Waals surface area contributed by atoms with E-state index in [1.807, 2.05) is 24.3 Å². The number of hydrogen-bond acceptors (Lipinski definition) is 6. The molecule has 1 rings (SSSR count). The van der Waals surface area contributed by atoms with Crippen LogP contribution in [-0.4, -0.2) is 60.0 Å². The molecule has 10 heteroatoms. The number of aliphatic carboxylic acids is 1. The smallest absolute Gasteiger partial charge is 0.328 e. The minimum Gasteiger partial charge on any atom is -0.481 e. The molecule has 0 saturated carbocycles. The molecule has 0 unspecified atom stereocenters. The number of carbonyl (C=O) groups excluding carboxylic acids is 4. The third-order valence-electron chi connectivity index (χ3n) is 5.25. The van der Waals surface area contributed by atoms with Crippen molar-refractivity contribution < 1.29 is 33.8 Å². The second kappa shape index (κ2) is 15.3. The van der Waals surface area contributed by atoms with Crippen molar-refractivity contribution >= 4 is 35.7 Å². The van der Waals surface area contributed by atoms with E-state index in [0.29, 0.717) is 5.92 Å². The van der Waals surface area contributed by atoms with Gasteiger partial charge in [-0.3, -0.25) is 19.2 Å². The van der Waals surface area contributed by atoms with Crippen LogP contribution >= 0.6 is 0 Å². The summed E-state index contributed by atoms with van der Waals surface area (Å²) in [5, 5.41) is 16.4. The zero-order valence-corrected chi connectivity index (χ0v) is 21.5. The Morgan fingerprint density at radius 3 is 2.17 bits per heavy atom. The van der Waals surface area contributed by atoms with Gasteiger partial charge in [0, 0.05) is 12.5 Å². The molecule has 2 atom stereocenters. The lowest BCUT2D eigenvalue weighted by molar-refractivity contribution is -0.148. The van der Waals surface area contributed by atoms with Gasteiger partial charge in [-0.05, 0) is 42.4 Å². The van der Waals surface area contributed by atoms with Gasteiger partial charge in [0.05, 0.1) is 13.2 Å². The van der Waals surface area contributed by atoms with Crippen molar-refractivity contribution in [2.24, 2.45) is 5.92 Å². The van der Waals surface area contributed by atoms with E-state index in [1.54, 1.807) is 26.8 Å². The number of ether oxygens (including phenoxy) is 1. The van der Waals surface area contributed by atoms with E-state index in [1.165, 1.54) is 11.6 Å². The van der Waals surface area contributed by atoms with Crippen LogP contribution in [0.4, 0.5) is 0 Å². The van der Waals surface area contributed by atoms with Gasteiger partial charge in [-0.2, -0.15) is 0 Å². The molecule has 0 aliphatic carbocycles. The van der Waals surface area contributed by atoms with Crippen LogP contribution in [0.25, 0.3) is 6.08 Å². The normalized spacial score (nSPS) is 12.8. The van der Waals surface area contributed by atoms with Crippen LogP contribution in [0.5, 0.6) is 0 Å². The van der Waals surface area contributed by atoms with E-state index in [9.17, 15) is 24.0 Å². The number of nitrogens with one attached hydrogen (secondary N) is 3. The molecular formula is C26H37N3O7. The molecule has 0 aromatic heterocycles. The van der Waals surface area contributed by atoms with Crippen LogP contribution in [0.1, 0.15) is 64.5 Å². The van der Waals surface area contributed by atoms with Crippen molar-refractivity contribution in [2.75, 3.05) is 13.2 Å². The molecule has 0 aliphatic heterocycles. The third kappa shape index (κ3) is 11.2. The number of carboxylic acid groups (broad SMARTS) is 1. The monoisotopic (exact) mass is 503 g/mol. The van der Waals surface area contributed by atoms with E-state index >= 15 is 0 Å². The fraction of sp³-hybridized carbons (Fsp3) is 0.500. The van der Waals surface area contributed by atoms with Gasteiger partial charge in [-0.1, -0.05) is 52.0 Å². The Hall–Kier alpha value is -3.69. The van der Waals surface area contributed by atoms with Gasteiger partial charge in [-0.25, -0.2) is 4.79 Å². The van der Waals surface area contributed by atoms with E-state index in [4.69, 9.17) is 9.84 Å². The Kier molecular flexibility index (Phi) is 12.9. The first-order valence-corrected chi connectivity index (χ1v) is 12.0. The molecule has 0 bridgehead atoms. The molecule has 4 N–H and O–H groups in total. The Labute approximate surface area is 211 Å². The summed E-state index contributed by atoms with van der Waals surface area (Å²) in [7, 11) is 0. The molecule has 1 aromatic carbocycles. The molecule has 0 fully saturated rings. The highest BCUT2D eigenvalue weighted by atomic mass is 16.5. The highest BCUT2D eigenvalue weighted by Crippen LogP contribution is 2.15. The number of esters is 1. The largest absolute Gasteiger partial charge is 0.481 e. The second-order valence-electron chi connectivity index (χ2n) is 8.91. The van der Waals surface area contributed by atoms with E-state index in [2.05, 4.69) is 29.8 Å². The highest BCUT2D eigenvalue weighted by molar-refractivity contribution is 5.95. The van der Waals surface area contributed by atoms with Crippen molar-refractivity contribution in [3.05, 3.63) is 41.5 Å². The van der Waals surface area contributed by atoms with Gasteiger partial charge in [0.2, 0.25) is 17.7 Å². The van der Waals surface area contributed by atoms with Gasteiger partial charge < -0.3 is 25.8 Å². The maximum atomic E-state index is 12.8. The molecule has 0 saturated heterocycles. The Balaban J connectivity index is 2.67. The summed E-state index contributed by atoms with van der Waals surface area (Å²) in [5.74, 6) is -3.53. The van der Waals surface area contributed by atoms with E-state index < -0.39 is 41.7 Å². The fourth-order valence-corrected chi connectivity index (χ4v) is 3.17. The first kappa shape index (κ1) is 30.3.